The predicted octanol–water partition coefficient (Wildman–Crippen LogP) is 1.81. The van der Waals surface area contributed by atoms with Crippen LogP contribution in [0, 0.1) is 0 Å². The molecule has 7 heteroatoms. The van der Waals surface area contributed by atoms with Crippen LogP contribution in [0.25, 0.3) is 0 Å². The molecule has 0 spiro atoms. The van der Waals surface area contributed by atoms with E-state index in [1.165, 1.54) is 6.42 Å². The van der Waals surface area contributed by atoms with Crippen molar-refractivity contribution in [1.29, 1.82) is 0 Å². The summed E-state index contributed by atoms with van der Waals surface area (Å²) in [6, 6.07) is 0. The number of unbranched alkanes of at least 4 members (excludes halogenated alkanes) is 1. The van der Waals surface area contributed by atoms with Gasteiger partial charge in [0.25, 0.3) is 0 Å². The molecule has 0 aliphatic rings. The van der Waals surface area contributed by atoms with Gasteiger partial charge in [0.15, 0.2) is 0 Å². The molecule has 0 radical (unpaired) electrons. The number of ether oxygens (including phenoxy) is 1. The van der Waals surface area contributed by atoms with Gasteiger partial charge in [-0.1, -0.05) is 34.1 Å². The molecule has 0 fully saturated rings. The average molecular weight is 303 g/mol. The molecule has 0 saturated heterocycles. The van der Waals surface area contributed by atoms with Crippen molar-refractivity contribution in [1.82, 2.24) is 0 Å². The number of carboxylic acids is 2. The summed E-state index contributed by atoms with van der Waals surface area (Å²) in [7, 11) is 0. The van der Waals surface area contributed by atoms with Crippen molar-refractivity contribution in [2.24, 2.45) is 5.73 Å². The first kappa shape index (κ1) is 28.1. The molecule has 0 heterocycles. The summed E-state index contributed by atoms with van der Waals surface area (Å²) < 4.78 is 5.21. The van der Waals surface area contributed by atoms with Crippen LogP contribution in [-0.4, -0.2) is 64.5 Å². The maximum atomic E-state index is 9.37. The van der Waals surface area contributed by atoms with Gasteiger partial charge in [-0.3, -0.25) is 9.59 Å². The molecular formula is C13H30NNaO5. The zero-order chi connectivity index (χ0) is 15.7. The Kier molecular flexibility index (Phi) is 33.6. The van der Waals surface area contributed by atoms with Gasteiger partial charge in [-0.15, -0.1) is 0 Å². The van der Waals surface area contributed by atoms with Crippen LogP contribution in [0.5, 0.6) is 0 Å². The Morgan fingerprint density at radius 2 is 1.40 bits per heavy atom. The van der Waals surface area contributed by atoms with Crippen molar-refractivity contribution >= 4 is 41.5 Å². The number of aliphatic carboxylic acids is 2. The molecule has 0 amide bonds. The standard InChI is InChI=1S/C7H17NO.2C3H6O2.Na.H/c1-3-5-6-9-7(8)4-2;2*1-2-3(4)5;;/h7H,3-6,8H2,1-2H3;2*2H2,1H3,(H,4,5);;. The Morgan fingerprint density at radius 3 is 1.60 bits per heavy atom. The summed E-state index contributed by atoms with van der Waals surface area (Å²) in [5.41, 5.74) is 5.49. The van der Waals surface area contributed by atoms with Crippen LogP contribution < -0.4 is 5.73 Å². The molecule has 1 atom stereocenters. The minimum absolute atomic E-state index is 0. The van der Waals surface area contributed by atoms with Gasteiger partial charge in [0.05, 0.1) is 0 Å². The fourth-order valence-electron chi connectivity index (χ4n) is 0.497. The molecule has 4 N–H and O–H groups in total. The van der Waals surface area contributed by atoms with E-state index in [0.29, 0.717) is 0 Å². The van der Waals surface area contributed by atoms with Gasteiger partial charge < -0.3 is 20.7 Å². The van der Waals surface area contributed by atoms with Crippen molar-refractivity contribution in [3.63, 3.8) is 0 Å². The zero-order valence-corrected chi connectivity index (χ0v) is 12.5. The molecule has 6 nitrogen and oxygen atoms in total. The molecule has 0 aliphatic heterocycles. The molecule has 118 valence electrons. The van der Waals surface area contributed by atoms with Gasteiger partial charge >= 0.3 is 41.5 Å². The molecule has 0 bridgehead atoms. The summed E-state index contributed by atoms with van der Waals surface area (Å²) >= 11 is 0. The normalized spacial score (nSPS) is 9.85. The molecular weight excluding hydrogens is 273 g/mol. The van der Waals surface area contributed by atoms with Crippen LogP contribution in [0.15, 0.2) is 0 Å². The van der Waals surface area contributed by atoms with Crippen LogP contribution >= 0.6 is 0 Å². The van der Waals surface area contributed by atoms with E-state index < -0.39 is 11.9 Å². The topological polar surface area (TPSA) is 110 Å². The Hall–Kier alpha value is -0.140. The molecule has 0 aromatic carbocycles. The van der Waals surface area contributed by atoms with Gasteiger partial charge in [0, 0.05) is 19.4 Å². The second kappa shape index (κ2) is 23.9. The van der Waals surface area contributed by atoms with Crippen molar-refractivity contribution in [3.8, 4) is 0 Å². The van der Waals surface area contributed by atoms with Crippen molar-refractivity contribution in [2.45, 2.75) is 66.0 Å². The first-order valence-electron chi connectivity index (χ1n) is 6.66. The Balaban J connectivity index is -0.000000101. The van der Waals surface area contributed by atoms with Crippen molar-refractivity contribution in [2.75, 3.05) is 6.61 Å². The quantitative estimate of drug-likeness (QED) is 0.376. The third-order valence-electron chi connectivity index (χ3n) is 1.84. The van der Waals surface area contributed by atoms with Crippen molar-refractivity contribution in [3.05, 3.63) is 0 Å². The average Bonchev–Trinajstić information content (AvgIpc) is 2.40. The molecule has 0 aromatic rings. The van der Waals surface area contributed by atoms with Gasteiger partial charge in [0.2, 0.25) is 0 Å². The molecule has 0 saturated carbocycles. The van der Waals surface area contributed by atoms with Crippen LogP contribution in [0.4, 0.5) is 0 Å². The Bertz CT molecular complexity index is 201. The second-order valence-corrected chi connectivity index (χ2v) is 3.67. The van der Waals surface area contributed by atoms with Crippen LogP contribution in [-0.2, 0) is 14.3 Å². The van der Waals surface area contributed by atoms with Gasteiger partial charge in [-0.2, -0.15) is 0 Å². The molecule has 20 heavy (non-hydrogen) atoms. The third-order valence-corrected chi connectivity index (χ3v) is 1.84. The van der Waals surface area contributed by atoms with Crippen LogP contribution in [0.3, 0.4) is 0 Å². The summed E-state index contributed by atoms with van der Waals surface area (Å²) in [5, 5.41) is 15.4. The maximum absolute atomic E-state index is 9.37. The third kappa shape index (κ3) is 43.0. The SMILES string of the molecule is CCC(=O)O.CCC(=O)O.CCCCOC(N)CC.[NaH]. The van der Waals surface area contributed by atoms with Crippen LogP contribution in [0.1, 0.15) is 59.8 Å². The van der Waals surface area contributed by atoms with Crippen molar-refractivity contribution < 1.29 is 24.5 Å². The summed E-state index contributed by atoms with van der Waals surface area (Å²) in [5.74, 6) is -1.49. The van der Waals surface area contributed by atoms with Crippen LogP contribution in [0.2, 0.25) is 0 Å². The molecule has 1 unspecified atom stereocenters. The van der Waals surface area contributed by atoms with E-state index in [-0.39, 0.29) is 48.6 Å². The minimum atomic E-state index is -0.745. The monoisotopic (exact) mass is 303 g/mol. The Labute approximate surface area is 144 Å². The second-order valence-electron chi connectivity index (χ2n) is 3.67. The first-order valence-corrected chi connectivity index (χ1v) is 6.66. The molecule has 0 aliphatic carbocycles. The number of hydrogen-bond acceptors (Lipinski definition) is 4. The van der Waals surface area contributed by atoms with Gasteiger partial charge in [-0.05, 0) is 12.8 Å². The van der Waals surface area contributed by atoms with E-state index in [0.717, 1.165) is 19.4 Å². The Morgan fingerprint density at radius 1 is 1.05 bits per heavy atom. The fourth-order valence-corrected chi connectivity index (χ4v) is 0.497. The first-order chi connectivity index (χ1) is 8.85. The van der Waals surface area contributed by atoms with E-state index in [9.17, 15) is 9.59 Å². The van der Waals surface area contributed by atoms with Gasteiger partial charge in [-0.25, -0.2) is 0 Å². The van der Waals surface area contributed by atoms with Gasteiger partial charge in [0.1, 0.15) is 6.23 Å². The van der Waals surface area contributed by atoms with E-state index >= 15 is 0 Å². The zero-order valence-electron chi connectivity index (χ0n) is 12.5. The summed E-state index contributed by atoms with van der Waals surface area (Å²) in [6.07, 6.45) is 3.60. The number of carbonyl (C=O) groups is 2. The van der Waals surface area contributed by atoms with E-state index in [1.807, 2.05) is 6.92 Å². The van der Waals surface area contributed by atoms with E-state index in [2.05, 4.69) is 6.92 Å². The number of nitrogens with two attached hydrogens (primary N) is 1. The van der Waals surface area contributed by atoms with E-state index in [1.54, 1.807) is 13.8 Å². The number of hydrogen-bond donors (Lipinski definition) is 3. The number of rotatable bonds is 7. The fraction of sp³-hybridized carbons (Fsp3) is 0.846. The molecule has 0 rings (SSSR count). The van der Waals surface area contributed by atoms with E-state index in [4.69, 9.17) is 20.7 Å². The summed E-state index contributed by atoms with van der Waals surface area (Å²) in [4.78, 5) is 18.7. The molecule has 0 aromatic heterocycles. The number of carboxylic acid groups (broad SMARTS) is 2. The predicted molar refractivity (Wildman–Crippen MR) is 82.1 cm³/mol. The summed E-state index contributed by atoms with van der Waals surface area (Å²) in [6.45, 7) is 8.17.